The number of nitrogens with two attached hydrogens (primary N) is 1. The monoisotopic (exact) mass is 300 g/mol. The minimum Gasteiger partial charge on any atom is -0.399 e. The third-order valence-electron chi connectivity index (χ3n) is 3.19. The lowest BCUT2D eigenvalue weighted by atomic mass is 10.1. The van der Waals surface area contributed by atoms with Crippen LogP contribution in [0, 0.1) is 6.92 Å². The molecule has 2 rings (SSSR count). The molecular weight excluding hydrogens is 280 g/mol. The van der Waals surface area contributed by atoms with Crippen molar-refractivity contribution in [2.75, 3.05) is 16.8 Å². The Morgan fingerprint density at radius 2 is 2.05 bits per heavy atom. The van der Waals surface area contributed by atoms with Crippen molar-refractivity contribution in [2.24, 2.45) is 0 Å². The van der Waals surface area contributed by atoms with Crippen LogP contribution < -0.4 is 11.1 Å². The van der Waals surface area contributed by atoms with Crippen molar-refractivity contribution in [3.8, 4) is 0 Å². The Labute approximate surface area is 129 Å². The molecule has 0 spiro atoms. The number of hydrogen-bond acceptors (Lipinski definition) is 3. The maximum atomic E-state index is 12.0. The fourth-order valence-electron chi connectivity index (χ4n) is 1.98. The lowest BCUT2D eigenvalue weighted by Gasteiger charge is -2.08. The first-order chi connectivity index (χ1) is 10.1. The Morgan fingerprint density at radius 1 is 1.24 bits per heavy atom. The quantitative estimate of drug-likeness (QED) is 0.651. The molecule has 4 heteroatoms. The first-order valence-corrected chi connectivity index (χ1v) is 7.94. The zero-order chi connectivity index (χ0) is 15.2. The number of aryl methyl sites for hydroxylation is 2. The third kappa shape index (κ3) is 4.53. The van der Waals surface area contributed by atoms with Gasteiger partial charge in [-0.05, 0) is 48.7 Å². The van der Waals surface area contributed by atoms with Crippen molar-refractivity contribution in [3.05, 3.63) is 53.6 Å². The number of carbonyl (C=O) groups excluding carboxylic acids is 1. The maximum Gasteiger partial charge on any atom is 0.234 e. The van der Waals surface area contributed by atoms with Crippen LogP contribution in [0.3, 0.4) is 0 Å². The lowest BCUT2D eigenvalue weighted by Crippen LogP contribution is -2.14. The molecule has 110 valence electrons. The fraction of sp³-hybridized carbons (Fsp3) is 0.235. The second-order valence-electron chi connectivity index (χ2n) is 4.92. The van der Waals surface area contributed by atoms with Gasteiger partial charge in [0.25, 0.3) is 0 Å². The van der Waals surface area contributed by atoms with E-state index in [4.69, 9.17) is 5.73 Å². The van der Waals surface area contributed by atoms with E-state index < -0.39 is 0 Å². The van der Waals surface area contributed by atoms with E-state index in [0.29, 0.717) is 5.75 Å². The Hall–Kier alpha value is -1.94. The first kappa shape index (κ1) is 15.4. The van der Waals surface area contributed by atoms with Crippen LogP contribution >= 0.6 is 11.8 Å². The predicted octanol–water partition coefficient (Wildman–Crippen LogP) is 3.87. The first-order valence-electron chi connectivity index (χ1n) is 6.96. The lowest BCUT2D eigenvalue weighted by molar-refractivity contribution is -0.113. The highest BCUT2D eigenvalue weighted by Crippen LogP contribution is 2.24. The molecule has 0 aromatic heterocycles. The second-order valence-corrected chi connectivity index (χ2v) is 5.93. The van der Waals surface area contributed by atoms with Gasteiger partial charge in [0.05, 0.1) is 5.75 Å². The summed E-state index contributed by atoms with van der Waals surface area (Å²) in [5.41, 5.74) is 9.70. The number of thioether (sulfide) groups is 1. The molecule has 0 saturated heterocycles. The van der Waals surface area contributed by atoms with Crippen molar-refractivity contribution in [1.29, 1.82) is 0 Å². The highest BCUT2D eigenvalue weighted by atomic mass is 32.2. The Balaban J connectivity index is 1.94. The van der Waals surface area contributed by atoms with Crippen molar-refractivity contribution in [2.45, 2.75) is 25.2 Å². The van der Waals surface area contributed by atoms with E-state index in [1.165, 1.54) is 17.3 Å². The van der Waals surface area contributed by atoms with E-state index in [1.807, 2.05) is 43.3 Å². The molecule has 2 aromatic rings. The van der Waals surface area contributed by atoms with Gasteiger partial charge in [0.15, 0.2) is 0 Å². The number of rotatable bonds is 5. The second kappa shape index (κ2) is 7.18. The molecule has 0 atom stereocenters. The van der Waals surface area contributed by atoms with E-state index >= 15 is 0 Å². The molecule has 21 heavy (non-hydrogen) atoms. The van der Waals surface area contributed by atoms with Crippen LogP contribution in [-0.4, -0.2) is 11.7 Å². The van der Waals surface area contributed by atoms with Crippen LogP contribution in [0.15, 0.2) is 47.4 Å². The average Bonchev–Trinajstić information content (AvgIpc) is 2.48. The standard InChI is InChI=1S/C17H20N2OS/c1-3-13-5-4-6-15(9-13)19-17(20)11-21-16-10-14(18)8-7-12(16)2/h4-10H,3,11,18H2,1-2H3,(H,19,20). The van der Waals surface area contributed by atoms with Crippen LogP contribution in [-0.2, 0) is 11.2 Å². The molecule has 0 aliphatic carbocycles. The van der Waals surface area contributed by atoms with Gasteiger partial charge < -0.3 is 11.1 Å². The van der Waals surface area contributed by atoms with E-state index in [0.717, 1.165) is 28.3 Å². The van der Waals surface area contributed by atoms with Crippen molar-refractivity contribution >= 4 is 29.0 Å². The summed E-state index contributed by atoms with van der Waals surface area (Å²) in [5.74, 6) is 0.371. The number of hydrogen-bond donors (Lipinski definition) is 2. The number of nitrogen functional groups attached to an aromatic ring is 1. The van der Waals surface area contributed by atoms with Crippen molar-refractivity contribution in [3.63, 3.8) is 0 Å². The summed E-state index contributed by atoms with van der Waals surface area (Å²) in [5, 5.41) is 2.93. The van der Waals surface area contributed by atoms with Crippen molar-refractivity contribution < 1.29 is 4.79 Å². The Morgan fingerprint density at radius 3 is 2.81 bits per heavy atom. The molecule has 0 aliphatic rings. The van der Waals surface area contributed by atoms with Gasteiger partial charge in [-0.1, -0.05) is 25.1 Å². The molecule has 0 unspecified atom stereocenters. The number of amides is 1. The minimum atomic E-state index is -0.00456. The smallest absolute Gasteiger partial charge is 0.234 e. The van der Waals surface area contributed by atoms with Gasteiger partial charge in [0, 0.05) is 16.3 Å². The molecule has 0 radical (unpaired) electrons. The summed E-state index contributed by atoms with van der Waals surface area (Å²) in [6, 6.07) is 13.7. The van der Waals surface area contributed by atoms with E-state index in [2.05, 4.69) is 18.3 Å². The molecule has 3 nitrogen and oxygen atoms in total. The summed E-state index contributed by atoms with van der Waals surface area (Å²) in [4.78, 5) is 13.1. The molecule has 0 aliphatic heterocycles. The van der Waals surface area contributed by atoms with Gasteiger partial charge in [-0.15, -0.1) is 11.8 Å². The molecule has 0 bridgehead atoms. The number of carbonyl (C=O) groups is 1. The molecule has 1 amide bonds. The summed E-state index contributed by atoms with van der Waals surface area (Å²) >= 11 is 1.51. The van der Waals surface area contributed by atoms with Gasteiger partial charge in [0.1, 0.15) is 0 Å². The average molecular weight is 300 g/mol. The highest BCUT2D eigenvalue weighted by Gasteiger charge is 2.06. The summed E-state index contributed by atoms with van der Waals surface area (Å²) in [6.07, 6.45) is 0.959. The van der Waals surface area contributed by atoms with E-state index in [1.54, 1.807) is 0 Å². The highest BCUT2D eigenvalue weighted by molar-refractivity contribution is 8.00. The summed E-state index contributed by atoms with van der Waals surface area (Å²) < 4.78 is 0. The molecule has 3 N–H and O–H groups in total. The SMILES string of the molecule is CCc1cccc(NC(=O)CSc2cc(N)ccc2C)c1. The number of nitrogens with one attached hydrogen (secondary N) is 1. The minimum absolute atomic E-state index is 0.00456. The van der Waals surface area contributed by atoms with Crippen LogP contribution in [0.4, 0.5) is 11.4 Å². The van der Waals surface area contributed by atoms with Gasteiger partial charge in [0.2, 0.25) is 5.91 Å². The molecule has 0 heterocycles. The van der Waals surface area contributed by atoms with Gasteiger partial charge in [-0.3, -0.25) is 4.79 Å². The molecule has 0 saturated carbocycles. The Bertz CT molecular complexity index is 640. The third-order valence-corrected chi connectivity index (χ3v) is 4.35. The zero-order valence-corrected chi connectivity index (χ0v) is 13.2. The molecule has 0 fully saturated rings. The molecule has 2 aromatic carbocycles. The summed E-state index contributed by atoms with van der Waals surface area (Å²) in [6.45, 7) is 4.11. The van der Waals surface area contributed by atoms with E-state index in [9.17, 15) is 4.79 Å². The van der Waals surface area contributed by atoms with Gasteiger partial charge in [-0.2, -0.15) is 0 Å². The van der Waals surface area contributed by atoms with Crippen LogP contribution in [0.1, 0.15) is 18.1 Å². The predicted molar refractivity (Wildman–Crippen MR) is 90.8 cm³/mol. The summed E-state index contributed by atoms with van der Waals surface area (Å²) in [7, 11) is 0. The van der Waals surface area contributed by atoms with Gasteiger partial charge in [-0.25, -0.2) is 0 Å². The largest absolute Gasteiger partial charge is 0.399 e. The topological polar surface area (TPSA) is 55.1 Å². The zero-order valence-electron chi connectivity index (χ0n) is 12.3. The van der Waals surface area contributed by atoms with Gasteiger partial charge >= 0.3 is 0 Å². The van der Waals surface area contributed by atoms with Crippen LogP contribution in [0.2, 0.25) is 0 Å². The van der Waals surface area contributed by atoms with Crippen molar-refractivity contribution in [1.82, 2.24) is 0 Å². The van der Waals surface area contributed by atoms with E-state index in [-0.39, 0.29) is 5.91 Å². The number of benzene rings is 2. The Kier molecular flexibility index (Phi) is 5.28. The molecular formula is C17H20N2OS. The maximum absolute atomic E-state index is 12.0. The van der Waals surface area contributed by atoms with Crippen LogP contribution in [0.5, 0.6) is 0 Å². The normalized spacial score (nSPS) is 10.4. The van der Waals surface area contributed by atoms with Crippen LogP contribution in [0.25, 0.3) is 0 Å². The fourth-order valence-corrected chi connectivity index (χ4v) is 2.86. The number of anilines is 2.